The fraction of sp³-hybridized carbons (Fsp3) is 0.714. The molecule has 0 aromatic rings. The molecule has 0 unspecified atom stereocenters. The van der Waals surface area contributed by atoms with E-state index in [1.807, 2.05) is 13.8 Å². The molecule has 0 fully saturated rings. The Labute approximate surface area is 56.2 Å². The number of carbonyl (C=O) groups excluding carboxylic acids is 1. The molecule has 0 saturated carbocycles. The largest absolute Gasteiger partial charge is 0.379 e. The first-order valence-electron chi connectivity index (χ1n) is 3.08. The minimum Gasteiger partial charge on any atom is -0.379 e. The summed E-state index contributed by atoms with van der Waals surface area (Å²) < 4.78 is 4.49. The third kappa shape index (κ3) is 4.15. The summed E-state index contributed by atoms with van der Waals surface area (Å²) in [4.78, 5) is 10.8. The predicted molar refractivity (Wildman–Crippen MR) is 35.8 cm³/mol. The number of rotatable bonds is 4. The molecular formula is C7H13O2. The van der Waals surface area contributed by atoms with Crippen molar-refractivity contribution in [1.29, 1.82) is 0 Å². The third-order valence-corrected chi connectivity index (χ3v) is 1.14. The van der Waals surface area contributed by atoms with Gasteiger partial charge in [-0.1, -0.05) is 13.8 Å². The highest BCUT2D eigenvalue weighted by Crippen LogP contribution is 1.97. The van der Waals surface area contributed by atoms with Crippen LogP contribution in [-0.2, 0) is 9.53 Å². The van der Waals surface area contributed by atoms with Crippen molar-refractivity contribution >= 4 is 5.78 Å². The molecule has 0 saturated heterocycles. The highest BCUT2D eigenvalue weighted by Gasteiger charge is 2.04. The van der Waals surface area contributed by atoms with Gasteiger partial charge in [0.15, 0.2) is 0 Å². The van der Waals surface area contributed by atoms with Crippen molar-refractivity contribution in [2.45, 2.75) is 20.3 Å². The van der Waals surface area contributed by atoms with Gasteiger partial charge in [-0.2, -0.15) is 0 Å². The zero-order chi connectivity index (χ0) is 7.28. The van der Waals surface area contributed by atoms with Crippen molar-refractivity contribution in [3.05, 3.63) is 7.11 Å². The van der Waals surface area contributed by atoms with E-state index < -0.39 is 0 Å². The highest BCUT2D eigenvalue weighted by molar-refractivity contribution is 5.80. The number of hydrogen-bond acceptors (Lipinski definition) is 2. The van der Waals surface area contributed by atoms with Crippen molar-refractivity contribution in [2.75, 3.05) is 6.61 Å². The van der Waals surface area contributed by atoms with Crippen LogP contribution in [-0.4, -0.2) is 12.4 Å². The van der Waals surface area contributed by atoms with Gasteiger partial charge in [-0.15, -0.1) is 0 Å². The van der Waals surface area contributed by atoms with Gasteiger partial charge in [-0.05, 0) is 0 Å². The van der Waals surface area contributed by atoms with E-state index in [9.17, 15) is 4.79 Å². The molecule has 0 rings (SSSR count). The Hall–Kier alpha value is -0.370. The van der Waals surface area contributed by atoms with E-state index in [1.54, 1.807) is 0 Å². The van der Waals surface area contributed by atoms with E-state index in [-0.39, 0.29) is 11.7 Å². The number of ether oxygens (including phenoxy) is 1. The molecule has 9 heavy (non-hydrogen) atoms. The van der Waals surface area contributed by atoms with Crippen LogP contribution in [0, 0.1) is 13.0 Å². The zero-order valence-electron chi connectivity index (χ0n) is 6.02. The summed E-state index contributed by atoms with van der Waals surface area (Å²) in [5, 5.41) is 0. The van der Waals surface area contributed by atoms with E-state index >= 15 is 0 Å². The molecule has 0 aliphatic heterocycles. The molecule has 53 valence electrons. The van der Waals surface area contributed by atoms with Crippen LogP contribution in [0.2, 0.25) is 0 Å². The molecule has 2 nitrogen and oxygen atoms in total. The average molecular weight is 129 g/mol. The van der Waals surface area contributed by atoms with Crippen molar-refractivity contribution in [1.82, 2.24) is 0 Å². The molecule has 0 atom stereocenters. The van der Waals surface area contributed by atoms with Crippen molar-refractivity contribution in [3.63, 3.8) is 0 Å². The third-order valence-electron chi connectivity index (χ3n) is 1.14. The summed E-state index contributed by atoms with van der Waals surface area (Å²) in [6.07, 6.45) is 0.487. The molecular weight excluding hydrogens is 116 g/mol. The SMILES string of the molecule is [CH2]OCCC(=O)C(C)C. The predicted octanol–water partition coefficient (Wildman–Crippen LogP) is 1.41. The number of ketones is 1. The molecule has 0 bridgehead atoms. The monoisotopic (exact) mass is 129 g/mol. The van der Waals surface area contributed by atoms with Crippen molar-refractivity contribution in [3.8, 4) is 0 Å². The van der Waals surface area contributed by atoms with Crippen LogP contribution in [0.4, 0.5) is 0 Å². The molecule has 0 spiro atoms. The van der Waals surface area contributed by atoms with Gasteiger partial charge in [0, 0.05) is 12.3 Å². The van der Waals surface area contributed by atoms with Crippen LogP contribution in [0.25, 0.3) is 0 Å². The van der Waals surface area contributed by atoms with Crippen LogP contribution in [0.15, 0.2) is 0 Å². The standard InChI is InChI=1S/C7H13O2/c1-6(2)7(8)4-5-9-3/h6H,3-5H2,1-2H3. The topological polar surface area (TPSA) is 26.3 Å². The van der Waals surface area contributed by atoms with E-state index in [0.717, 1.165) is 0 Å². The first-order chi connectivity index (χ1) is 4.18. The Kier molecular flexibility index (Phi) is 4.32. The zero-order valence-corrected chi connectivity index (χ0v) is 6.02. The minimum absolute atomic E-state index is 0.125. The quantitative estimate of drug-likeness (QED) is 0.573. The van der Waals surface area contributed by atoms with E-state index in [2.05, 4.69) is 11.8 Å². The number of Topliss-reactive ketones (excluding diaryl/α,β-unsaturated/α-hetero) is 1. The molecule has 1 radical (unpaired) electrons. The molecule has 0 aromatic heterocycles. The van der Waals surface area contributed by atoms with Crippen molar-refractivity contribution < 1.29 is 9.53 Å². The van der Waals surface area contributed by atoms with Gasteiger partial charge in [0.05, 0.1) is 13.7 Å². The van der Waals surface area contributed by atoms with Gasteiger partial charge in [0.25, 0.3) is 0 Å². The van der Waals surface area contributed by atoms with Gasteiger partial charge in [-0.25, -0.2) is 0 Å². The second kappa shape index (κ2) is 4.50. The Morgan fingerprint density at radius 2 is 2.22 bits per heavy atom. The second-order valence-corrected chi connectivity index (χ2v) is 2.28. The van der Waals surface area contributed by atoms with Gasteiger partial charge >= 0.3 is 0 Å². The first kappa shape index (κ1) is 8.63. The maximum atomic E-state index is 10.8. The summed E-state index contributed by atoms with van der Waals surface area (Å²) in [7, 11) is 3.16. The summed E-state index contributed by atoms with van der Waals surface area (Å²) in [5.41, 5.74) is 0. The number of carbonyl (C=O) groups is 1. The van der Waals surface area contributed by atoms with E-state index in [0.29, 0.717) is 13.0 Å². The molecule has 2 heteroatoms. The Morgan fingerprint density at radius 1 is 1.67 bits per heavy atom. The summed E-state index contributed by atoms with van der Waals surface area (Å²) in [6.45, 7) is 4.20. The van der Waals surface area contributed by atoms with Gasteiger partial charge in [0.1, 0.15) is 5.78 Å². The molecule has 0 aliphatic carbocycles. The lowest BCUT2D eigenvalue weighted by Gasteiger charge is -2.00. The van der Waals surface area contributed by atoms with Crippen LogP contribution < -0.4 is 0 Å². The Morgan fingerprint density at radius 3 is 2.56 bits per heavy atom. The average Bonchev–Trinajstić information content (AvgIpc) is 1.82. The van der Waals surface area contributed by atoms with Crippen LogP contribution in [0.5, 0.6) is 0 Å². The smallest absolute Gasteiger partial charge is 0.137 e. The van der Waals surface area contributed by atoms with Crippen molar-refractivity contribution in [2.24, 2.45) is 5.92 Å². The Bertz CT molecular complexity index is 86.9. The molecule has 0 N–H and O–H groups in total. The highest BCUT2D eigenvalue weighted by atomic mass is 16.5. The summed E-state index contributed by atoms with van der Waals surface area (Å²) >= 11 is 0. The minimum atomic E-state index is 0.125. The normalized spacial score (nSPS) is 10.2. The fourth-order valence-electron chi connectivity index (χ4n) is 0.461. The maximum absolute atomic E-state index is 10.8. The summed E-state index contributed by atoms with van der Waals surface area (Å²) in [5.74, 6) is 0.360. The van der Waals surface area contributed by atoms with Crippen LogP contribution >= 0.6 is 0 Å². The van der Waals surface area contributed by atoms with E-state index in [4.69, 9.17) is 0 Å². The van der Waals surface area contributed by atoms with Gasteiger partial charge in [0.2, 0.25) is 0 Å². The molecule has 0 aromatic carbocycles. The van der Waals surface area contributed by atoms with E-state index in [1.165, 1.54) is 0 Å². The fourth-order valence-corrected chi connectivity index (χ4v) is 0.461. The first-order valence-corrected chi connectivity index (χ1v) is 3.08. The lowest BCUT2D eigenvalue weighted by Crippen LogP contribution is -2.08. The number of hydrogen-bond donors (Lipinski definition) is 0. The molecule has 0 aliphatic rings. The lowest BCUT2D eigenvalue weighted by molar-refractivity contribution is -0.122. The molecule has 0 heterocycles. The van der Waals surface area contributed by atoms with Gasteiger partial charge in [-0.3, -0.25) is 4.79 Å². The maximum Gasteiger partial charge on any atom is 0.137 e. The Balaban J connectivity index is 3.28. The van der Waals surface area contributed by atoms with Gasteiger partial charge < -0.3 is 4.74 Å². The summed E-state index contributed by atoms with van der Waals surface area (Å²) in [6, 6.07) is 0. The van der Waals surface area contributed by atoms with Crippen LogP contribution in [0.3, 0.4) is 0 Å². The second-order valence-electron chi connectivity index (χ2n) is 2.28. The van der Waals surface area contributed by atoms with Crippen LogP contribution in [0.1, 0.15) is 20.3 Å². The molecule has 0 amide bonds. The lowest BCUT2D eigenvalue weighted by atomic mass is 10.1.